The van der Waals surface area contributed by atoms with Crippen LogP contribution < -0.4 is 15.0 Å². The second-order valence-corrected chi connectivity index (χ2v) is 7.30. The highest BCUT2D eigenvalue weighted by Crippen LogP contribution is 2.33. The molecule has 0 spiro atoms. The van der Waals surface area contributed by atoms with Crippen LogP contribution in [0.5, 0.6) is 17.2 Å². The standard InChI is InChI=1S/C21H22Cl2N2O5/c22-18-5-4-17(13-19(18)23)30-20-14-16(3-1-15(20)2-6-21(26)24-27)29-12-9-25-7-10-28-11-8-25/h1-6,13-14,27H,7-12H2,(H,24,26). The fourth-order valence-corrected chi connectivity index (χ4v) is 3.11. The van der Waals surface area contributed by atoms with Crippen molar-refractivity contribution in [3.8, 4) is 17.2 Å². The van der Waals surface area contributed by atoms with Gasteiger partial charge in [-0.15, -0.1) is 0 Å². The summed E-state index contributed by atoms with van der Waals surface area (Å²) in [5, 5.41) is 9.47. The summed E-state index contributed by atoms with van der Waals surface area (Å²) >= 11 is 12.0. The molecule has 0 bridgehead atoms. The minimum atomic E-state index is -0.652. The summed E-state index contributed by atoms with van der Waals surface area (Å²) in [6.07, 6.45) is 2.71. The third-order valence-electron chi connectivity index (χ3n) is 4.41. The molecule has 0 aromatic heterocycles. The van der Waals surface area contributed by atoms with Crippen LogP contribution in [0, 0.1) is 0 Å². The number of morpholine rings is 1. The van der Waals surface area contributed by atoms with Crippen molar-refractivity contribution in [2.75, 3.05) is 39.5 Å². The van der Waals surface area contributed by atoms with Gasteiger partial charge in [-0.1, -0.05) is 23.2 Å². The van der Waals surface area contributed by atoms with Crippen molar-refractivity contribution in [3.05, 3.63) is 58.1 Å². The number of benzene rings is 2. The number of ether oxygens (including phenoxy) is 3. The van der Waals surface area contributed by atoms with Crippen molar-refractivity contribution in [2.24, 2.45) is 0 Å². The molecule has 2 N–H and O–H groups in total. The second-order valence-electron chi connectivity index (χ2n) is 6.49. The van der Waals surface area contributed by atoms with Gasteiger partial charge in [0.25, 0.3) is 5.91 Å². The minimum Gasteiger partial charge on any atom is -0.492 e. The van der Waals surface area contributed by atoms with E-state index in [1.165, 1.54) is 12.2 Å². The van der Waals surface area contributed by atoms with Gasteiger partial charge in [0, 0.05) is 43.4 Å². The van der Waals surface area contributed by atoms with Crippen molar-refractivity contribution >= 4 is 35.2 Å². The van der Waals surface area contributed by atoms with E-state index in [1.807, 2.05) is 0 Å². The molecule has 0 unspecified atom stereocenters. The van der Waals surface area contributed by atoms with E-state index < -0.39 is 5.91 Å². The van der Waals surface area contributed by atoms with Crippen LogP contribution in [0.1, 0.15) is 5.56 Å². The van der Waals surface area contributed by atoms with Crippen LogP contribution in [-0.4, -0.2) is 55.5 Å². The fraction of sp³-hybridized carbons (Fsp3) is 0.286. The molecule has 1 amide bonds. The maximum Gasteiger partial charge on any atom is 0.267 e. The molecule has 7 nitrogen and oxygen atoms in total. The zero-order chi connectivity index (χ0) is 21.3. The molecule has 3 rings (SSSR count). The summed E-state index contributed by atoms with van der Waals surface area (Å²) in [7, 11) is 0. The molecule has 0 aliphatic carbocycles. The fourth-order valence-electron chi connectivity index (χ4n) is 2.82. The zero-order valence-corrected chi connectivity index (χ0v) is 17.7. The lowest BCUT2D eigenvalue weighted by atomic mass is 10.1. The lowest BCUT2D eigenvalue weighted by Gasteiger charge is -2.26. The smallest absolute Gasteiger partial charge is 0.267 e. The first-order chi connectivity index (χ1) is 14.5. The molecular weight excluding hydrogens is 431 g/mol. The predicted octanol–water partition coefficient (Wildman–Crippen LogP) is 4.02. The van der Waals surface area contributed by atoms with Gasteiger partial charge in [0.1, 0.15) is 23.9 Å². The molecule has 0 radical (unpaired) electrons. The van der Waals surface area contributed by atoms with Crippen LogP contribution in [0.4, 0.5) is 0 Å². The molecule has 1 saturated heterocycles. The topological polar surface area (TPSA) is 80.3 Å². The van der Waals surface area contributed by atoms with Gasteiger partial charge in [-0.3, -0.25) is 14.9 Å². The molecule has 30 heavy (non-hydrogen) atoms. The van der Waals surface area contributed by atoms with Crippen LogP contribution >= 0.6 is 23.2 Å². The Morgan fingerprint density at radius 3 is 2.63 bits per heavy atom. The molecule has 2 aromatic carbocycles. The Kier molecular flexibility index (Phi) is 8.36. The molecule has 2 aromatic rings. The minimum absolute atomic E-state index is 0.365. The summed E-state index contributed by atoms with van der Waals surface area (Å²) in [6, 6.07) is 10.2. The van der Waals surface area contributed by atoms with E-state index in [9.17, 15) is 4.79 Å². The molecule has 1 aliphatic heterocycles. The number of nitrogens with one attached hydrogen (secondary N) is 1. The third-order valence-corrected chi connectivity index (χ3v) is 5.15. The van der Waals surface area contributed by atoms with E-state index in [0.717, 1.165) is 32.8 Å². The van der Waals surface area contributed by atoms with Crippen molar-refractivity contribution in [2.45, 2.75) is 0 Å². The van der Waals surface area contributed by atoms with E-state index in [2.05, 4.69) is 4.90 Å². The third kappa shape index (κ3) is 6.62. The van der Waals surface area contributed by atoms with Crippen LogP contribution in [0.3, 0.4) is 0 Å². The first-order valence-corrected chi connectivity index (χ1v) is 10.1. The van der Waals surface area contributed by atoms with E-state index in [4.69, 9.17) is 42.6 Å². The van der Waals surface area contributed by atoms with Gasteiger partial charge in [0.2, 0.25) is 0 Å². The molecule has 0 atom stereocenters. The molecule has 0 saturated carbocycles. The molecule has 1 fully saturated rings. The molecule has 1 aliphatic rings. The van der Waals surface area contributed by atoms with E-state index in [1.54, 1.807) is 41.9 Å². The lowest BCUT2D eigenvalue weighted by molar-refractivity contribution is -0.124. The number of hydrogen-bond acceptors (Lipinski definition) is 6. The Bertz CT molecular complexity index is 901. The summed E-state index contributed by atoms with van der Waals surface area (Å²) in [5.41, 5.74) is 2.17. The van der Waals surface area contributed by atoms with Crippen LogP contribution in [0.15, 0.2) is 42.5 Å². The van der Waals surface area contributed by atoms with Gasteiger partial charge in [-0.2, -0.15) is 0 Å². The number of hydroxylamine groups is 1. The van der Waals surface area contributed by atoms with Crippen molar-refractivity contribution in [1.29, 1.82) is 0 Å². The van der Waals surface area contributed by atoms with Gasteiger partial charge in [0.05, 0.1) is 23.3 Å². The number of nitrogens with zero attached hydrogens (tertiary/aromatic N) is 1. The predicted molar refractivity (Wildman–Crippen MR) is 115 cm³/mol. The number of halogens is 2. The monoisotopic (exact) mass is 452 g/mol. The van der Waals surface area contributed by atoms with Gasteiger partial charge in [0.15, 0.2) is 0 Å². The lowest BCUT2D eigenvalue weighted by Crippen LogP contribution is -2.38. The number of carbonyl (C=O) groups is 1. The number of carbonyl (C=O) groups excluding carboxylic acids is 1. The maximum absolute atomic E-state index is 11.3. The normalized spacial score (nSPS) is 14.6. The van der Waals surface area contributed by atoms with E-state index >= 15 is 0 Å². The molecule has 1 heterocycles. The largest absolute Gasteiger partial charge is 0.492 e. The highest BCUT2D eigenvalue weighted by Gasteiger charge is 2.11. The Morgan fingerprint density at radius 1 is 1.13 bits per heavy atom. The van der Waals surface area contributed by atoms with Crippen LogP contribution in [0.25, 0.3) is 6.08 Å². The van der Waals surface area contributed by atoms with Crippen LogP contribution in [0.2, 0.25) is 10.0 Å². The first kappa shape index (κ1) is 22.4. The van der Waals surface area contributed by atoms with Crippen LogP contribution in [-0.2, 0) is 9.53 Å². The Labute approximate surface area is 184 Å². The Balaban J connectivity index is 1.74. The maximum atomic E-state index is 11.3. The van der Waals surface area contributed by atoms with Crippen molar-refractivity contribution in [1.82, 2.24) is 10.4 Å². The number of hydrogen-bond donors (Lipinski definition) is 2. The average molecular weight is 453 g/mol. The highest BCUT2D eigenvalue weighted by atomic mass is 35.5. The van der Waals surface area contributed by atoms with Gasteiger partial charge < -0.3 is 14.2 Å². The first-order valence-electron chi connectivity index (χ1n) is 9.37. The number of amides is 1. The van der Waals surface area contributed by atoms with Gasteiger partial charge in [-0.25, -0.2) is 5.48 Å². The van der Waals surface area contributed by atoms with E-state index in [0.29, 0.717) is 39.5 Å². The molecule has 9 heteroatoms. The highest BCUT2D eigenvalue weighted by molar-refractivity contribution is 6.42. The zero-order valence-electron chi connectivity index (χ0n) is 16.1. The SMILES string of the molecule is O=C(C=Cc1ccc(OCCN2CCOCC2)cc1Oc1ccc(Cl)c(Cl)c1)NO. The summed E-state index contributed by atoms with van der Waals surface area (Å²) in [5.74, 6) is 0.916. The summed E-state index contributed by atoms with van der Waals surface area (Å²) in [6.45, 7) is 4.59. The quantitative estimate of drug-likeness (QED) is 0.357. The second kappa shape index (κ2) is 11.2. The van der Waals surface area contributed by atoms with Gasteiger partial charge >= 0.3 is 0 Å². The summed E-state index contributed by atoms with van der Waals surface area (Å²) in [4.78, 5) is 13.6. The number of rotatable bonds is 8. The molecular formula is C21H22Cl2N2O5. The Morgan fingerprint density at radius 2 is 1.90 bits per heavy atom. The Hall–Kier alpha value is -2.29. The molecule has 160 valence electrons. The van der Waals surface area contributed by atoms with E-state index in [-0.39, 0.29) is 0 Å². The van der Waals surface area contributed by atoms with Crippen molar-refractivity contribution < 1.29 is 24.2 Å². The summed E-state index contributed by atoms with van der Waals surface area (Å²) < 4.78 is 17.2. The van der Waals surface area contributed by atoms with Gasteiger partial charge in [-0.05, 0) is 30.3 Å². The van der Waals surface area contributed by atoms with Crippen molar-refractivity contribution in [3.63, 3.8) is 0 Å². The average Bonchev–Trinajstić information content (AvgIpc) is 2.76.